The third-order valence-electron chi connectivity index (χ3n) is 3.25. The van der Waals surface area contributed by atoms with Gasteiger partial charge < -0.3 is 0 Å². The van der Waals surface area contributed by atoms with Gasteiger partial charge in [0.25, 0.3) is 0 Å². The van der Waals surface area contributed by atoms with Crippen molar-refractivity contribution >= 4 is 11.9 Å². The van der Waals surface area contributed by atoms with Crippen molar-refractivity contribution in [2.45, 2.75) is 12.8 Å². The molecule has 2 aliphatic rings. The van der Waals surface area contributed by atoms with E-state index in [0.717, 1.165) is 34.4 Å². The first-order valence-electron chi connectivity index (χ1n) is 6.52. The molecule has 2 aliphatic carbocycles. The van der Waals surface area contributed by atoms with E-state index >= 15 is 0 Å². The first-order valence-corrected chi connectivity index (χ1v) is 6.52. The lowest BCUT2D eigenvalue weighted by molar-refractivity contribution is -0.228. The van der Waals surface area contributed by atoms with Gasteiger partial charge in [-0.3, -0.25) is 9.78 Å². The van der Waals surface area contributed by atoms with Crippen LogP contribution in [0.3, 0.4) is 0 Å². The lowest BCUT2D eigenvalue weighted by atomic mass is 9.99. The highest BCUT2D eigenvalue weighted by molar-refractivity contribution is 5.83. The Bertz CT molecular complexity index is 600. The Labute approximate surface area is 126 Å². The first kappa shape index (κ1) is 15.7. The van der Waals surface area contributed by atoms with Crippen molar-refractivity contribution in [1.29, 1.82) is 0 Å². The number of hydrogen-bond acceptors (Lipinski definition) is 6. The van der Waals surface area contributed by atoms with Crippen molar-refractivity contribution in [3.05, 3.63) is 70.9 Å². The van der Waals surface area contributed by atoms with E-state index in [4.69, 9.17) is 10.5 Å². The molecule has 0 saturated carbocycles. The topological polar surface area (TPSA) is 93.1 Å². The van der Waals surface area contributed by atoms with Crippen LogP contribution in [0.5, 0.6) is 0 Å². The van der Waals surface area contributed by atoms with E-state index in [2.05, 4.69) is 9.78 Å². The van der Waals surface area contributed by atoms with Gasteiger partial charge in [0.05, 0.1) is 0 Å². The highest BCUT2D eigenvalue weighted by atomic mass is 17.1. The summed E-state index contributed by atoms with van der Waals surface area (Å²) in [6, 6.07) is 0. The van der Waals surface area contributed by atoms with Crippen LogP contribution in [0.2, 0.25) is 0 Å². The van der Waals surface area contributed by atoms with Crippen LogP contribution in [0.1, 0.15) is 12.8 Å². The zero-order valence-corrected chi connectivity index (χ0v) is 11.6. The van der Waals surface area contributed by atoms with Crippen LogP contribution in [-0.4, -0.2) is 22.5 Å². The number of rotatable bonds is 5. The number of carbonyl (C=O) groups excluding carboxylic acids is 2. The van der Waals surface area contributed by atoms with Gasteiger partial charge in [-0.05, 0) is 35.1 Å². The van der Waals surface area contributed by atoms with E-state index < -0.39 is 11.9 Å². The van der Waals surface area contributed by atoms with Gasteiger partial charge in [0.1, 0.15) is 0 Å². The van der Waals surface area contributed by atoms with Crippen molar-refractivity contribution in [3.63, 3.8) is 0 Å². The maximum absolute atomic E-state index is 11.0. The predicted molar refractivity (Wildman–Crippen MR) is 77.3 cm³/mol. The highest BCUT2D eigenvalue weighted by Gasteiger charge is 2.16. The summed E-state index contributed by atoms with van der Waals surface area (Å²) in [6.07, 6.45) is 14.5. The van der Waals surface area contributed by atoms with Crippen LogP contribution in [0.4, 0.5) is 0 Å². The molecule has 0 spiro atoms. The lowest BCUT2D eigenvalue weighted by Crippen LogP contribution is -1.96. The Hall–Kier alpha value is -2.70. The zero-order chi connectivity index (χ0) is 15.9. The molecule has 6 heteroatoms. The molecule has 0 aromatic rings. The van der Waals surface area contributed by atoms with E-state index in [1.54, 1.807) is 12.2 Å². The molecular formula is C16H14O6. The quantitative estimate of drug-likeness (QED) is 0.461. The molecule has 0 amide bonds. The second-order valence-electron chi connectivity index (χ2n) is 4.58. The maximum atomic E-state index is 11.0. The Morgan fingerprint density at radius 2 is 1.27 bits per heavy atom. The third kappa shape index (κ3) is 3.69. The fourth-order valence-corrected chi connectivity index (χ4v) is 2.28. The number of carbonyl (C=O) groups is 2. The number of hydrogen-bond donors (Lipinski definition) is 2. The minimum absolute atomic E-state index is 0.650. The minimum atomic E-state index is -0.847. The molecule has 0 aromatic carbocycles. The standard InChI is InChI=1S/C16H14O6/c17-15(21-19)9-7-11-3-1-5-13(11)14-6-2-4-12(14)8-10-16(18)22-20/h1-2,5-10,19-20H,3-4H2. The van der Waals surface area contributed by atoms with Crippen molar-refractivity contribution in [2.75, 3.05) is 0 Å². The smallest absolute Gasteiger partial charge is 0.296 e. The summed E-state index contributed by atoms with van der Waals surface area (Å²) in [5.41, 5.74) is 3.63. The summed E-state index contributed by atoms with van der Waals surface area (Å²) >= 11 is 0. The van der Waals surface area contributed by atoms with Crippen molar-refractivity contribution < 1.29 is 29.9 Å². The molecule has 0 aromatic heterocycles. The fraction of sp³-hybridized carbons (Fsp3) is 0.125. The van der Waals surface area contributed by atoms with Gasteiger partial charge in [0.15, 0.2) is 0 Å². The summed E-state index contributed by atoms with van der Waals surface area (Å²) in [5.74, 6) is -1.69. The molecule has 2 N–H and O–H groups in total. The Kier molecular flexibility index (Phi) is 5.24. The van der Waals surface area contributed by atoms with Gasteiger partial charge in [0.2, 0.25) is 0 Å². The molecule has 0 aliphatic heterocycles. The van der Waals surface area contributed by atoms with Crippen LogP contribution < -0.4 is 0 Å². The van der Waals surface area contributed by atoms with Gasteiger partial charge >= 0.3 is 11.9 Å². The second-order valence-corrected chi connectivity index (χ2v) is 4.58. The molecule has 0 fully saturated rings. The lowest BCUT2D eigenvalue weighted by Gasteiger charge is -2.06. The van der Waals surface area contributed by atoms with Crippen LogP contribution in [0.15, 0.2) is 70.9 Å². The monoisotopic (exact) mass is 302 g/mol. The average molecular weight is 302 g/mol. The molecule has 114 valence electrons. The van der Waals surface area contributed by atoms with E-state index in [9.17, 15) is 9.59 Å². The van der Waals surface area contributed by atoms with Crippen molar-refractivity contribution in [1.82, 2.24) is 0 Å². The maximum Gasteiger partial charge on any atom is 0.365 e. The van der Waals surface area contributed by atoms with Crippen LogP contribution in [0, 0.1) is 0 Å². The SMILES string of the molecule is O=C(C=CC1=C(C2=C(C=CC(=O)OO)CC=C2)C=CC1)OO. The van der Waals surface area contributed by atoms with Crippen LogP contribution >= 0.6 is 0 Å². The van der Waals surface area contributed by atoms with E-state index in [1.165, 1.54) is 0 Å². The predicted octanol–water partition coefficient (Wildman–Crippen LogP) is 2.64. The molecule has 0 heterocycles. The minimum Gasteiger partial charge on any atom is -0.296 e. The molecule has 0 radical (unpaired) electrons. The highest BCUT2D eigenvalue weighted by Crippen LogP contribution is 2.33. The summed E-state index contributed by atoms with van der Waals surface area (Å²) in [4.78, 5) is 29.1. The van der Waals surface area contributed by atoms with E-state index in [1.807, 2.05) is 24.3 Å². The van der Waals surface area contributed by atoms with Gasteiger partial charge in [0, 0.05) is 12.2 Å². The van der Waals surface area contributed by atoms with Gasteiger partial charge in [-0.2, -0.15) is 10.5 Å². The van der Waals surface area contributed by atoms with E-state index in [-0.39, 0.29) is 0 Å². The summed E-state index contributed by atoms with van der Waals surface area (Å²) in [7, 11) is 0. The molecule has 0 atom stereocenters. The second kappa shape index (κ2) is 7.35. The molecular weight excluding hydrogens is 288 g/mol. The summed E-state index contributed by atoms with van der Waals surface area (Å²) < 4.78 is 0. The molecule has 22 heavy (non-hydrogen) atoms. The molecule has 2 rings (SSSR count). The molecule has 0 unspecified atom stereocenters. The van der Waals surface area contributed by atoms with Gasteiger partial charge in [-0.15, -0.1) is 0 Å². The Balaban J connectivity index is 2.29. The average Bonchev–Trinajstić information content (AvgIpc) is 3.18. The molecule has 0 saturated heterocycles. The Morgan fingerprint density at radius 1 is 0.864 bits per heavy atom. The van der Waals surface area contributed by atoms with Crippen molar-refractivity contribution in [2.24, 2.45) is 0 Å². The normalized spacial score (nSPS) is 17.4. The van der Waals surface area contributed by atoms with Crippen molar-refractivity contribution in [3.8, 4) is 0 Å². The third-order valence-corrected chi connectivity index (χ3v) is 3.25. The fourth-order valence-electron chi connectivity index (χ4n) is 2.28. The first-order chi connectivity index (χ1) is 10.7. The number of allylic oxidation sites excluding steroid dienone is 10. The van der Waals surface area contributed by atoms with E-state index in [0.29, 0.717) is 12.8 Å². The van der Waals surface area contributed by atoms with Gasteiger partial charge in [-0.25, -0.2) is 9.59 Å². The Morgan fingerprint density at radius 3 is 1.64 bits per heavy atom. The van der Waals surface area contributed by atoms with Crippen LogP contribution in [0.25, 0.3) is 0 Å². The van der Waals surface area contributed by atoms with Gasteiger partial charge in [-0.1, -0.05) is 36.5 Å². The molecule has 6 nitrogen and oxygen atoms in total. The molecule has 0 bridgehead atoms. The zero-order valence-electron chi connectivity index (χ0n) is 11.6. The van der Waals surface area contributed by atoms with Crippen LogP contribution in [-0.2, 0) is 19.4 Å². The largest absolute Gasteiger partial charge is 0.365 e. The summed E-state index contributed by atoms with van der Waals surface area (Å²) in [6.45, 7) is 0. The summed E-state index contributed by atoms with van der Waals surface area (Å²) in [5, 5.41) is 16.5.